The maximum atomic E-state index is 6.08. The molecule has 1 N–H and O–H groups in total. The van der Waals surface area contributed by atoms with Crippen molar-refractivity contribution in [3.8, 4) is 16.6 Å². The van der Waals surface area contributed by atoms with Crippen LogP contribution < -0.4 is 10.1 Å². The van der Waals surface area contributed by atoms with Crippen molar-refractivity contribution in [2.45, 2.75) is 58.1 Å². The third-order valence-corrected chi connectivity index (χ3v) is 7.17. The molecule has 2 aliphatic heterocycles. The lowest BCUT2D eigenvalue weighted by Crippen LogP contribution is -2.29. The summed E-state index contributed by atoms with van der Waals surface area (Å²) >= 11 is 1.55. The van der Waals surface area contributed by atoms with Gasteiger partial charge in [0.1, 0.15) is 11.9 Å². The van der Waals surface area contributed by atoms with E-state index >= 15 is 0 Å². The molecule has 34 heavy (non-hydrogen) atoms. The zero-order valence-corrected chi connectivity index (χ0v) is 20.5. The van der Waals surface area contributed by atoms with Crippen LogP contribution in [0.25, 0.3) is 10.6 Å². The van der Waals surface area contributed by atoms with Gasteiger partial charge in [-0.15, -0.1) is 0 Å². The molecule has 0 aliphatic carbocycles. The van der Waals surface area contributed by atoms with Gasteiger partial charge in [-0.25, -0.2) is 15.0 Å². The van der Waals surface area contributed by atoms with Crippen molar-refractivity contribution in [2.75, 3.05) is 31.6 Å². The van der Waals surface area contributed by atoms with Crippen molar-refractivity contribution in [1.29, 1.82) is 0 Å². The fraction of sp³-hybridized carbons (Fsp3) is 0.520. The zero-order chi connectivity index (χ0) is 23.2. The average molecular weight is 481 g/mol. The minimum atomic E-state index is 0.108. The number of aryl methyl sites for hydroxylation is 1. The molecule has 0 bridgehead atoms. The fourth-order valence-electron chi connectivity index (χ4n) is 4.30. The van der Waals surface area contributed by atoms with Gasteiger partial charge >= 0.3 is 6.01 Å². The van der Waals surface area contributed by atoms with Crippen molar-refractivity contribution in [3.05, 3.63) is 41.9 Å². The van der Waals surface area contributed by atoms with E-state index in [1.807, 2.05) is 24.5 Å². The lowest BCUT2D eigenvalue weighted by atomic mass is 10.1. The Morgan fingerprint density at radius 2 is 1.94 bits per heavy atom. The molecule has 0 saturated carbocycles. The highest BCUT2D eigenvalue weighted by atomic mass is 32.1. The largest absolute Gasteiger partial charge is 0.460 e. The molecule has 0 radical (unpaired) electrons. The van der Waals surface area contributed by atoms with Crippen LogP contribution in [0.2, 0.25) is 0 Å². The Morgan fingerprint density at radius 1 is 1.09 bits per heavy atom. The lowest BCUT2D eigenvalue weighted by Gasteiger charge is -2.26. The van der Waals surface area contributed by atoms with Gasteiger partial charge in [0.15, 0.2) is 5.13 Å². The topological polar surface area (TPSA) is 85.3 Å². The number of nitrogens with one attached hydrogen (secondary N) is 1. The molecule has 0 aromatic carbocycles. The summed E-state index contributed by atoms with van der Waals surface area (Å²) in [5, 5.41) is 4.11. The molecule has 2 aliphatic rings. The maximum absolute atomic E-state index is 6.08. The van der Waals surface area contributed by atoms with Crippen LogP contribution in [0.1, 0.15) is 50.3 Å². The van der Waals surface area contributed by atoms with Crippen molar-refractivity contribution < 1.29 is 9.47 Å². The summed E-state index contributed by atoms with van der Waals surface area (Å²) in [5.74, 6) is 0.795. The van der Waals surface area contributed by atoms with Gasteiger partial charge in [-0.05, 0) is 50.0 Å². The number of likely N-dealkylation sites (tertiary alicyclic amines) is 1. The van der Waals surface area contributed by atoms with E-state index in [4.69, 9.17) is 9.47 Å². The molecule has 9 heteroatoms. The average Bonchev–Trinajstić information content (AvgIpc) is 3.35. The van der Waals surface area contributed by atoms with E-state index in [-0.39, 0.29) is 6.10 Å². The maximum Gasteiger partial charge on any atom is 0.317 e. The van der Waals surface area contributed by atoms with Crippen molar-refractivity contribution in [1.82, 2.24) is 24.8 Å². The highest BCUT2D eigenvalue weighted by Crippen LogP contribution is 2.31. The van der Waals surface area contributed by atoms with E-state index in [1.165, 1.54) is 37.9 Å². The number of thiazole rings is 1. The summed E-state index contributed by atoms with van der Waals surface area (Å²) in [7, 11) is 0. The van der Waals surface area contributed by atoms with Gasteiger partial charge in [0.25, 0.3) is 0 Å². The number of hydrogen-bond donors (Lipinski definition) is 1. The standard InChI is InChI=1S/C25H32N6O2S/c1-2-19-14-21(29-24(28-19)33-20-8-12-32-13-9-20)22-16-27-25(34-22)30-23-7-6-18(15-26-23)17-31-10-4-3-5-11-31/h6-7,14-16,20H,2-5,8-13,17H2,1H3,(H,26,27,30). The number of pyridine rings is 1. The Morgan fingerprint density at radius 3 is 2.71 bits per heavy atom. The third kappa shape index (κ3) is 6.08. The molecular formula is C25H32N6O2S. The van der Waals surface area contributed by atoms with E-state index in [9.17, 15) is 0 Å². The van der Waals surface area contributed by atoms with E-state index in [1.54, 1.807) is 11.3 Å². The Hall–Kier alpha value is -2.62. The van der Waals surface area contributed by atoms with Crippen LogP contribution in [-0.4, -0.2) is 57.2 Å². The van der Waals surface area contributed by atoms with Gasteiger partial charge in [0, 0.05) is 37.5 Å². The smallest absolute Gasteiger partial charge is 0.317 e. The number of rotatable bonds is 8. The van der Waals surface area contributed by atoms with E-state index < -0.39 is 0 Å². The van der Waals surface area contributed by atoms with Gasteiger partial charge in [-0.3, -0.25) is 4.90 Å². The first-order valence-electron chi connectivity index (χ1n) is 12.3. The van der Waals surface area contributed by atoms with Crippen LogP contribution in [0.15, 0.2) is 30.6 Å². The van der Waals surface area contributed by atoms with Gasteiger partial charge in [0.05, 0.1) is 23.8 Å². The molecule has 8 nitrogen and oxygen atoms in total. The van der Waals surface area contributed by atoms with Crippen molar-refractivity contribution >= 4 is 22.3 Å². The first kappa shape index (κ1) is 23.1. The number of ether oxygens (including phenoxy) is 2. The molecule has 0 spiro atoms. The van der Waals surface area contributed by atoms with Gasteiger partial charge < -0.3 is 14.8 Å². The number of nitrogens with zero attached hydrogens (tertiary/aromatic N) is 5. The number of piperidine rings is 1. The Bertz CT molecular complexity index is 1060. The van der Waals surface area contributed by atoms with Crippen LogP contribution in [0.4, 0.5) is 10.9 Å². The van der Waals surface area contributed by atoms with Gasteiger partial charge in [-0.1, -0.05) is 30.7 Å². The molecule has 180 valence electrons. The van der Waals surface area contributed by atoms with Crippen LogP contribution in [-0.2, 0) is 17.7 Å². The highest BCUT2D eigenvalue weighted by molar-refractivity contribution is 7.18. The Balaban J connectivity index is 1.24. The second-order valence-corrected chi connectivity index (χ2v) is 9.88. The first-order chi connectivity index (χ1) is 16.7. The molecule has 3 aromatic rings. The molecule has 0 unspecified atom stereocenters. The highest BCUT2D eigenvalue weighted by Gasteiger charge is 2.18. The molecule has 0 amide bonds. The normalized spacial score (nSPS) is 17.6. The first-order valence-corrected chi connectivity index (χ1v) is 13.1. The number of aromatic nitrogens is 4. The van der Waals surface area contributed by atoms with Gasteiger partial charge in [-0.2, -0.15) is 4.98 Å². The van der Waals surface area contributed by atoms with Crippen LogP contribution in [0, 0.1) is 0 Å². The summed E-state index contributed by atoms with van der Waals surface area (Å²) in [4.78, 5) is 21.9. The SMILES string of the molecule is CCc1cc(-c2cnc(Nc3ccc(CN4CCCCC4)cn3)s2)nc(OC2CCOCC2)n1. The molecular weight excluding hydrogens is 448 g/mol. The van der Waals surface area contributed by atoms with E-state index in [0.717, 1.165) is 66.2 Å². The predicted octanol–water partition coefficient (Wildman–Crippen LogP) is 4.84. The Labute approximate surface area is 204 Å². The van der Waals surface area contributed by atoms with E-state index in [0.29, 0.717) is 6.01 Å². The number of hydrogen-bond acceptors (Lipinski definition) is 9. The minimum absolute atomic E-state index is 0.108. The summed E-state index contributed by atoms with van der Waals surface area (Å²) < 4.78 is 11.5. The number of anilines is 2. The molecule has 3 aromatic heterocycles. The quantitative estimate of drug-likeness (QED) is 0.490. The molecule has 2 fully saturated rings. The van der Waals surface area contributed by atoms with E-state index in [2.05, 4.69) is 43.1 Å². The second kappa shape index (κ2) is 11.2. The Kier molecular flexibility index (Phi) is 7.62. The third-order valence-electron chi connectivity index (χ3n) is 6.23. The summed E-state index contributed by atoms with van der Waals surface area (Å²) in [6.07, 6.45) is 10.4. The monoisotopic (exact) mass is 480 g/mol. The van der Waals surface area contributed by atoms with Crippen LogP contribution >= 0.6 is 11.3 Å². The summed E-state index contributed by atoms with van der Waals surface area (Å²) in [6, 6.07) is 6.63. The molecule has 5 rings (SSSR count). The lowest BCUT2D eigenvalue weighted by molar-refractivity contribution is 0.0217. The zero-order valence-electron chi connectivity index (χ0n) is 19.7. The van der Waals surface area contributed by atoms with Crippen molar-refractivity contribution in [2.24, 2.45) is 0 Å². The summed E-state index contributed by atoms with van der Waals surface area (Å²) in [5.41, 5.74) is 3.04. The summed E-state index contributed by atoms with van der Waals surface area (Å²) in [6.45, 7) is 6.88. The second-order valence-electron chi connectivity index (χ2n) is 8.85. The molecule has 5 heterocycles. The minimum Gasteiger partial charge on any atom is -0.460 e. The molecule has 0 atom stereocenters. The van der Waals surface area contributed by atoms with Crippen LogP contribution in [0.3, 0.4) is 0 Å². The fourth-order valence-corrected chi connectivity index (χ4v) is 5.09. The van der Waals surface area contributed by atoms with Crippen molar-refractivity contribution in [3.63, 3.8) is 0 Å². The predicted molar refractivity (Wildman–Crippen MR) is 134 cm³/mol. The molecule has 2 saturated heterocycles. The van der Waals surface area contributed by atoms with Gasteiger partial charge in [0.2, 0.25) is 0 Å². The van der Waals surface area contributed by atoms with Crippen LogP contribution in [0.5, 0.6) is 6.01 Å².